The van der Waals surface area contributed by atoms with Gasteiger partial charge in [0.25, 0.3) is 0 Å². The molecule has 0 aromatic rings. The largest absolute Gasteiger partial charge is 0.394 e. The van der Waals surface area contributed by atoms with E-state index in [2.05, 4.69) is 13.8 Å². The second-order valence-corrected chi connectivity index (χ2v) is 4.48. The van der Waals surface area contributed by atoms with Crippen molar-refractivity contribution in [1.29, 1.82) is 0 Å². The van der Waals surface area contributed by atoms with E-state index in [0.29, 0.717) is 46.2 Å². The Morgan fingerprint density at radius 3 is 1.73 bits per heavy atom. The first kappa shape index (κ1) is 24.0. The van der Waals surface area contributed by atoms with Gasteiger partial charge in [-0.3, -0.25) is 0 Å². The topological polar surface area (TPSA) is 103 Å². The van der Waals surface area contributed by atoms with Crippen LogP contribution in [0.2, 0.25) is 0 Å². The van der Waals surface area contributed by atoms with E-state index < -0.39 is 0 Å². The zero-order valence-electron chi connectivity index (χ0n) is 14.2. The summed E-state index contributed by atoms with van der Waals surface area (Å²) < 4.78 is 20.8. The van der Waals surface area contributed by atoms with E-state index in [9.17, 15) is 0 Å². The van der Waals surface area contributed by atoms with Gasteiger partial charge in [-0.2, -0.15) is 0 Å². The van der Waals surface area contributed by atoms with E-state index in [0.717, 1.165) is 0 Å². The van der Waals surface area contributed by atoms with Crippen LogP contribution in [0, 0.1) is 0 Å². The summed E-state index contributed by atoms with van der Waals surface area (Å²) in [6.07, 6.45) is 2.45. The molecule has 0 rings (SSSR count). The van der Waals surface area contributed by atoms with Crippen LogP contribution in [0.3, 0.4) is 0 Å². The molecule has 4 N–H and O–H groups in total. The maximum atomic E-state index is 8.59. The predicted molar refractivity (Wildman–Crippen MR) is 86.0 cm³/mol. The number of hydrogen-bond acceptors (Lipinski definition) is 7. The van der Waals surface area contributed by atoms with Crippen LogP contribution in [0.4, 0.5) is 0 Å². The molecular weight excluding hydrogens is 290 g/mol. The lowest BCUT2D eigenvalue weighted by molar-refractivity contribution is -0.0401. The molecule has 0 amide bonds. The van der Waals surface area contributed by atoms with Gasteiger partial charge in [0.05, 0.1) is 65.6 Å². The van der Waals surface area contributed by atoms with Gasteiger partial charge in [-0.1, -0.05) is 26.7 Å². The average Bonchev–Trinajstić information content (AvgIpc) is 2.56. The number of aliphatic hydroxyl groups excluding tert-OH is 2. The smallest absolute Gasteiger partial charge is 0.0931 e. The van der Waals surface area contributed by atoms with Gasteiger partial charge in [0.15, 0.2) is 0 Å². The Kier molecular flexibility index (Phi) is 25.1. The lowest BCUT2D eigenvalue weighted by Gasteiger charge is -2.15. The zero-order valence-corrected chi connectivity index (χ0v) is 14.2. The van der Waals surface area contributed by atoms with Crippen LogP contribution in [0.25, 0.3) is 0 Å². The van der Waals surface area contributed by atoms with Gasteiger partial charge in [-0.15, -0.1) is 0 Å². The molecule has 1 unspecified atom stereocenters. The highest BCUT2D eigenvalue weighted by Crippen LogP contribution is 1.91. The van der Waals surface area contributed by atoms with Gasteiger partial charge in [-0.05, 0) is 0 Å². The van der Waals surface area contributed by atoms with Gasteiger partial charge in [0, 0.05) is 6.54 Å². The molecule has 7 nitrogen and oxygen atoms in total. The molecule has 0 aromatic carbocycles. The van der Waals surface area contributed by atoms with E-state index in [1.807, 2.05) is 0 Å². The molecule has 7 heteroatoms. The predicted octanol–water partition coefficient (Wildman–Crippen LogP) is 0.171. The Labute approximate surface area is 134 Å². The lowest BCUT2D eigenvalue weighted by Crippen LogP contribution is -2.30. The van der Waals surface area contributed by atoms with Crippen molar-refractivity contribution in [3.8, 4) is 0 Å². The molecule has 0 aliphatic rings. The summed E-state index contributed by atoms with van der Waals surface area (Å²) in [6, 6.07) is 0. The van der Waals surface area contributed by atoms with Crippen LogP contribution in [-0.4, -0.2) is 82.3 Å². The minimum atomic E-state index is -0.190. The summed E-state index contributed by atoms with van der Waals surface area (Å²) in [5, 5.41) is 17.0. The molecular formula is C15H35NO6. The number of rotatable bonds is 15. The van der Waals surface area contributed by atoms with E-state index >= 15 is 0 Å². The van der Waals surface area contributed by atoms with Crippen molar-refractivity contribution in [3.63, 3.8) is 0 Å². The summed E-state index contributed by atoms with van der Waals surface area (Å²) in [5.74, 6) is 0. The Balaban J connectivity index is 0. The molecule has 0 aliphatic heterocycles. The molecule has 0 heterocycles. The van der Waals surface area contributed by atoms with Gasteiger partial charge >= 0.3 is 0 Å². The van der Waals surface area contributed by atoms with Crippen LogP contribution >= 0.6 is 0 Å². The minimum Gasteiger partial charge on any atom is -0.394 e. The normalized spacial score (nSPS) is 11.9. The van der Waals surface area contributed by atoms with Gasteiger partial charge in [-0.25, -0.2) is 0 Å². The fourth-order valence-corrected chi connectivity index (χ4v) is 1.12. The molecule has 0 saturated heterocycles. The Hall–Kier alpha value is -0.280. The summed E-state index contributed by atoms with van der Waals surface area (Å²) in [7, 11) is 0. The average molecular weight is 325 g/mol. The first-order valence-corrected chi connectivity index (χ1v) is 8.03. The fourth-order valence-electron chi connectivity index (χ4n) is 1.12. The Bertz CT molecular complexity index is 183. The SMILES string of the molecule is CCCC.NCC(COCCOCCOCCO)OCCO. The molecule has 22 heavy (non-hydrogen) atoms. The summed E-state index contributed by atoms with van der Waals surface area (Å²) in [5.41, 5.74) is 5.47. The first-order valence-electron chi connectivity index (χ1n) is 8.03. The fraction of sp³-hybridized carbons (Fsp3) is 1.00. The number of hydrogen-bond donors (Lipinski definition) is 3. The maximum absolute atomic E-state index is 8.59. The van der Waals surface area contributed by atoms with E-state index in [4.69, 9.17) is 34.9 Å². The van der Waals surface area contributed by atoms with E-state index in [-0.39, 0.29) is 25.9 Å². The highest BCUT2D eigenvalue weighted by Gasteiger charge is 2.06. The third-order valence-corrected chi connectivity index (χ3v) is 2.49. The first-order chi connectivity index (χ1) is 10.8. The summed E-state index contributed by atoms with van der Waals surface area (Å²) in [4.78, 5) is 0. The molecule has 136 valence electrons. The maximum Gasteiger partial charge on any atom is 0.0931 e. The second-order valence-electron chi connectivity index (χ2n) is 4.48. The van der Waals surface area contributed by atoms with Crippen LogP contribution in [0.1, 0.15) is 26.7 Å². The van der Waals surface area contributed by atoms with Crippen molar-refractivity contribution < 1.29 is 29.2 Å². The number of aliphatic hydroxyl groups is 2. The molecule has 0 aliphatic carbocycles. The van der Waals surface area contributed by atoms with Crippen molar-refractivity contribution in [1.82, 2.24) is 0 Å². The molecule has 0 bridgehead atoms. The van der Waals surface area contributed by atoms with Crippen LogP contribution in [0.5, 0.6) is 0 Å². The molecule has 1 atom stereocenters. The van der Waals surface area contributed by atoms with Crippen LogP contribution in [-0.2, 0) is 18.9 Å². The molecule has 0 aromatic heterocycles. The highest BCUT2D eigenvalue weighted by atomic mass is 16.6. The summed E-state index contributed by atoms with van der Waals surface area (Å²) in [6.45, 7) is 7.58. The Morgan fingerprint density at radius 1 is 0.773 bits per heavy atom. The standard InChI is InChI=1S/C11H25NO6.C4H10/c12-9-11(18-4-2-14)10-17-8-7-16-6-5-15-3-1-13;1-3-4-2/h11,13-14H,1-10,12H2;3-4H2,1-2H3. The van der Waals surface area contributed by atoms with Gasteiger partial charge in [0.1, 0.15) is 0 Å². The number of unbranched alkanes of at least 4 members (excludes halogenated alkanes) is 1. The third kappa shape index (κ3) is 22.0. The molecule has 0 saturated carbocycles. The van der Waals surface area contributed by atoms with Crippen LogP contribution < -0.4 is 5.73 Å². The highest BCUT2D eigenvalue weighted by molar-refractivity contribution is 4.56. The van der Waals surface area contributed by atoms with Crippen molar-refractivity contribution in [3.05, 3.63) is 0 Å². The minimum absolute atomic E-state index is 0.0204. The van der Waals surface area contributed by atoms with Crippen molar-refractivity contribution in [2.75, 3.05) is 66.0 Å². The van der Waals surface area contributed by atoms with Crippen molar-refractivity contribution in [2.24, 2.45) is 5.73 Å². The quantitative estimate of drug-likeness (QED) is 0.369. The number of ether oxygens (including phenoxy) is 4. The van der Waals surface area contributed by atoms with Gasteiger partial charge < -0.3 is 34.9 Å². The molecule has 0 radical (unpaired) electrons. The Morgan fingerprint density at radius 2 is 1.27 bits per heavy atom. The monoisotopic (exact) mass is 325 g/mol. The zero-order chi connectivity index (χ0) is 16.9. The number of nitrogens with two attached hydrogens (primary N) is 1. The lowest BCUT2D eigenvalue weighted by atomic mass is 10.4. The summed E-state index contributed by atoms with van der Waals surface area (Å²) >= 11 is 0. The van der Waals surface area contributed by atoms with E-state index in [1.165, 1.54) is 12.8 Å². The molecule has 0 fully saturated rings. The van der Waals surface area contributed by atoms with Crippen LogP contribution in [0.15, 0.2) is 0 Å². The van der Waals surface area contributed by atoms with Gasteiger partial charge in [0.2, 0.25) is 0 Å². The third-order valence-electron chi connectivity index (χ3n) is 2.49. The van der Waals surface area contributed by atoms with Crippen molar-refractivity contribution in [2.45, 2.75) is 32.8 Å². The van der Waals surface area contributed by atoms with Crippen molar-refractivity contribution >= 4 is 0 Å². The van der Waals surface area contributed by atoms with E-state index in [1.54, 1.807) is 0 Å². The molecule has 0 spiro atoms. The second kappa shape index (κ2) is 23.0.